The molecule has 1 atom stereocenters. The lowest BCUT2D eigenvalue weighted by molar-refractivity contribution is 0.0876. The van der Waals surface area contributed by atoms with Gasteiger partial charge < -0.3 is 15.3 Å². The van der Waals surface area contributed by atoms with Crippen molar-refractivity contribution >= 4 is 5.69 Å². The predicted molar refractivity (Wildman–Crippen MR) is 85.1 cm³/mol. The zero-order valence-corrected chi connectivity index (χ0v) is 13.5. The van der Waals surface area contributed by atoms with Crippen molar-refractivity contribution < 1.29 is 5.11 Å². The van der Waals surface area contributed by atoms with Crippen LogP contribution >= 0.6 is 0 Å². The van der Waals surface area contributed by atoms with Crippen molar-refractivity contribution in [3.63, 3.8) is 0 Å². The second kappa shape index (κ2) is 7.60. The second-order valence-corrected chi connectivity index (χ2v) is 5.94. The Morgan fingerprint density at radius 1 is 1.35 bits per heavy atom. The van der Waals surface area contributed by atoms with Gasteiger partial charge in [-0.15, -0.1) is 0 Å². The van der Waals surface area contributed by atoms with Gasteiger partial charge in [0.05, 0.1) is 23.2 Å². The number of aromatic nitrogens is 1. The van der Waals surface area contributed by atoms with E-state index < -0.39 is 5.60 Å². The molecule has 114 valence electrons. The molecule has 0 amide bonds. The summed E-state index contributed by atoms with van der Waals surface area (Å²) in [5.41, 5.74) is 1.41. The molecule has 0 aliphatic heterocycles. The number of hydrogen-bond acceptors (Lipinski definition) is 4. The number of likely N-dealkylation sites (N-methyl/N-ethyl adjacent to an activating group) is 1. The Kier molecular flexibility index (Phi) is 6.43. The molecule has 1 rings (SSSR count). The van der Waals surface area contributed by atoms with Crippen LogP contribution < -0.4 is 10.2 Å². The van der Waals surface area contributed by atoms with Crippen LogP contribution in [0.2, 0.25) is 0 Å². The average molecular weight is 279 g/mol. The van der Waals surface area contributed by atoms with Gasteiger partial charge in [-0.25, -0.2) is 0 Å². The predicted octanol–water partition coefficient (Wildman–Crippen LogP) is 2.74. The summed E-state index contributed by atoms with van der Waals surface area (Å²) in [5.74, 6) is 0. The van der Waals surface area contributed by atoms with Gasteiger partial charge in [0.15, 0.2) is 0 Å². The highest BCUT2D eigenvalue weighted by Crippen LogP contribution is 2.18. The summed E-state index contributed by atoms with van der Waals surface area (Å²) in [6, 6.07) is 4.42. The van der Waals surface area contributed by atoms with Crippen LogP contribution in [0.3, 0.4) is 0 Å². The molecule has 1 aromatic rings. The van der Waals surface area contributed by atoms with Crippen molar-refractivity contribution in [3.8, 4) is 0 Å². The first-order chi connectivity index (χ1) is 9.37. The van der Waals surface area contributed by atoms with E-state index in [0.717, 1.165) is 30.9 Å². The van der Waals surface area contributed by atoms with Crippen LogP contribution in [-0.2, 0) is 0 Å². The third-order valence-electron chi connectivity index (χ3n) is 3.24. The number of anilines is 1. The molecule has 0 fully saturated rings. The monoisotopic (exact) mass is 279 g/mol. The third kappa shape index (κ3) is 5.47. The lowest BCUT2D eigenvalue weighted by Gasteiger charge is -2.29. The lowest BCUT2D eigenvalue weighted by Crippen LogP contribution is -2.38. The molecule has 0 aromatic carbocycles. The van der Waals surface area contributed by atoms with Gasteiger partial charge in [0.1, 0.15) is 0 Å². The Hall–Kier alpha value is -1.13. The van der Waals surface area contributed by atoms with Crippen molar-refractivity contribution in [1.29, 1.82) is 0 Å². The lowest BCUT2D eigenvalue weighted by atomic mass is 10.1. The third-order valence-corrected chi connectivity index (χ3v) is 3.24. The first kappa shape index (κ1) is 16.9. The van der Waals surface area contributed by atoms with E-state index in [1.807, 2.05) is 20.0 Å². The highest BCUT2D eigenvalue weighted by Gasteiger charge is 2.18. The van der Waals surface area contributed by atoms with Gasteiger partial charge in [-0.2, -0.15) is 0 Å². The standard InChI is InChI=1S/C16H29N3O/c1-6-10-17-13(3)15-9-8-14(11-18-15)19(7-2)12-16(4,5)20/h8-9,11,13,17,20H,6-7,10,12H2,1-5H3. The number of nitrogens with zero attached hydrogens (tertiary/aromatic N) is 2. The first-order valence-electron chi connectivity index (χ1n) is 7.54. The summed E-state index contributed by atoms with van der Waals surface area (Å²) in [6.45, 7) is 12.5. The number of nitrogens with one attached hydrogen (secondary N) is 1. The molecule has 1 heterocycles. The molecule has 4 nitrogen and oxygen atoms in total. The maximum Gasteiger partial charge on any atom is 0.0765 e. The summed E-state index contributed by atoms with van der Waals surface area (Å²) in [5, 5.41) is 13.4. The maximum absolute atomic E-state index is 9.95. The molecule has 0 saturated carbocycles. The van der Waals surface area contributed by atoms with Crippen molar-refractivity contribution in [2.24, 2.45) is 0 Å². The minimum Gasteiger partial charge on any atom is -0.389 e. The first-order valence-corrected chi connectivity index (χ1v) is 7.54. The van der Waals surface area contributed by atoms with E-state index in [4.69, 9.17) is 0 Å². The summed E-state index contributed by atoms with van der Waals surface area (Å²) < 4.78 is 0. The van der Waals surface area contributed by atoms with Crippen LogP contribution in [-0.4, -0.2) is 35.3 Å². The molecule has 0 aliphatic rings. The number of aliphatic hydroxyl groups is 1. The smallest absolute Gasteiger partial charge is 0.0765 e. The van der Waals surface area contributed by atoms with Crippen molar-refractivity contribution in [2.45, 2.75) is 52.7 Å². The summed E-state index contributed by atoms with van der Waals surface area (Å²) in [6.07, 6.45) is 3.02. The highest BCUT2D eigenvalue weighted by molar-refractivity contribution is 5.45. The van der Waals surface area contributed by atoms with Crippen LogP contribution in [0.5, 0.6) is 0 Å². The molecule has 1 unspecified atom stereocenters. The van der Waals surface area contributed by atoms with Gasteiger partial charge in [0, 0.05) is 19.1 Å². The van der Waals surface area contributed by atoms with Crippen molar-refractivity contribution in [2.75, 3.05) is 24.5 Å². The highest BCUT2D eigenvalue weighted by atomic mass is 16.3. The zero-order chi connectivity index (χ0) is 15.2. The van der Waals surface area contributed by atoms with Crippen LogP contribution in [0.1, 0.15) is 52.8 Å². The molecule has 20 heavy (non-hydrogen) atoms. The molecule has 2 N–H and O–H groups in total. The summed E-state index contributed by atoms with van der Waals surface area (Å²) >= 11 is 0. The van der Waals surface area contributed by atoms with Crippen molar-refractivity contribution in [3.05, 3.63) is 24.0 Å². The Labute approximate surface area is 123 Å². The molecule has 0 saturated heterocycles. The van der Waals surface area contributed by atoms with Gasteiger partial charge in [-0.05, 0) is 52.8 Å². The summed E-state index contributed by atoms with van der Waals surface area (Å²) in [4.78, 5) is 6.68. The van der Waals surface area contributed by atoms with E-state index in [1.165, 1.54) is 0 Å². The normalized spacial score (nSPS) is 13.3. The van der Waals surface area contributed by atoms with Crippen LogP contribution in [0.4, 0.5) is 5.69 Å². The van der Waals surface area contributed by atoms with E-state index in [0.29, 0.717) is 6.54 Å². The Bertz CT molecular complexity index is 384. The summed E-state index contributed by atoms with van der Waals surface area (Å²) in [7, 11) is 0. The second-order valence-electron chi connectivity index (χ2n) is 5.94. The van der Waals surface area contributed by atoms with E-state index in [2.05, 4.69) is 48.1 Å². The van der Waals surface area contributed by atoms with Gasteiger partial charge in [-0.3, -0.25) is 4.98 Å². The minimum atomic E-state index is -0.704. The molecule has 0 bridgehead atoms. The van der Waals surface area contributed by atoms with Crippen LogP contribution in [0.15, 0.2) is 18.3 Å². The molecular weight excluding hydrogens is 250 g/mol. The maximum atomic E-state index is 9.95. The fraction of sp³-hybridized carbons (Fsp3) is 0.688. The van der Waals surface area contributed by atoms with Crippen LogP contribution in [0.25, 0.3) is 0 Å². The topological polar surface area (TPSA) is 48.4 Å². The molecule has 0 spiro atoms. The van der Waals surface area contributed by atoms with E-state index in [1.54, 1.807) is 0 Å². The quantitative estimate of drug-likeness (QED) is 0.768. The van der Waals surface area contributed by atoms with Crippen LogP contribution in [0, 0.1) is 0 Å². The number of pyridine rings is 1. The molecule has 0 aliphatic carbocycles. The Balaban J connectivity index is 2.73. The number of hydrogen-bond donors (Lipinski definition) is 2. The minimum absolute atomic E-state index is 0.272. The van der Waals surface area contributed by atoms with E-state index >= 15 is 0 Å². The Morgan fingerprint density at radius 3 is 2.50 bits per heavy atom. The van der Waals surface area contributed by atoms with Gasteiger partial charge in [0.2, 0.25) is 0 Å². The molecular formula is C16H29N3O. The molecule has 4 heteroatoms. The molecule has 1 aromatic heterocycles. The molecule has 0 radical (unpaired) electrons. The van der Waals surface area contributed by atoms with Gasteiger partial charge in [0.25, 0.3) is 0 Å². The van der Waals surface area contributed by atoms with Gasteiger partial charge in [-0.1, -0.05) is 6.92 Å². The van der Waals surface area contributed by atoms with E-state index in [-0.39, 0.29) is 6.04 Å². The fourth-order valence-corrected chi connectivity index (χ4v) is 2.16. The zero-order valence-electron chi connectivity index (χ0n) is 13.5. The number of rotatable bonds is 8. The van der Waals surface area contributed by atoms with Gasteiger partial charge >= 0.3 is 0 Å². The largest absolute Gasteiger partial charge is 0.389 e. The fourth-order valence-electron chi connectivity index (χ4n) is 2.16. The van der Waals surface area contributed by atoms with E-state index in [9.17, 15) is 5.11 Å². The average Bonchev–Trinajstić information content (AvgIpc) is 2.41. The Morgan fingerprint density at radius 2 is 2.05 bits per heavy atom. The SMILES string of the molecule is CCCNC(C)c1ccc(N(CC)CC(C)(C)O)cn1. The van der Waals surface area contributed by atoms with Crippen molar-refractivity contribution in [1.82, 2.24) is 10.3 Å².